The molecule has 0 saturated heterocycles. The van der Waals surface area contributed by atoms with Gasteiger partial charge in [-0.05, 0) is 32.5 Å². The highest BCUT2D eigenvalue weighted by Crippen LogP contribution is 2.29. The van der Waals surface area contributed by atoms with Gasteiger partial charge in [0.05, 0.1) is 13.2 Å². The quantitative estimate of drug-likeness (QED) is 0.763. The Bertz CT molecular complexity index is 358. The first-order valence-electron chi connectivity index (χ1n) is 5.07. The summed E-state index contributed by atoms with van der Waals surface area (Å²) in [6.07, 6.45) is 0. The largest absolute Gasteiger partial charge is 0.496 e. The molecule has 2 heteroatoms. The van der Waals surface area contributed by atoms with Crippen molar-refractivity contribution in [3.8, 4) is 5.75 Å². The van der Waals surface area contributed by atoms with Crippen LogP contribution in [0.15, 0.2) is 30.4 Å². The first-order chi connectivity index (χ1) is 7.10. The van der Waals surface area contributed by atoms with Gasteiger partial charge < -0.3 is 10.1 Å². The summed E-state index contributed by atoms with van der Waals surface area (Å²) in [6, 6.07) is 6.37. The second kappa shape index (κ2) is 4.99. The topological polar surface area (TPSA) is 21.3 Å². The van der Waals surface area contributed by atoms with Gasteiger partial charge >= 0.3 is 0 Å². The fourth-order valence-corrected chi connectivity index (χ4v) is 1.72. The van der Waals surface area contributed by atoms with Crippen molar-refractivity contribution >= 4 is 0 Å². The monoisotopic (exact) mass is 205 g/mol. The molecule has 0 aromatic heterocycles. The first kappa shape index (κ1) is 11.8. The van der Waals surface area contributed by atoms with E-state index in [0.717, 1.165) is 16.9 Å². The van der Waals surface area contributed by atoms with Crippen molar-refractivity contribution in [3.05, 3.63) is 41.5 Å². The zero-order chi connectivity index (χ0) is 11.4. The third-order valence-electron chi connectivity index (χ3n) is 2.48. The third-order valence-corrected chi connectivity index (χ3v) is 2.48. The smallest absolute Gasteiger partial charge is 0.124 e. The van der Waals surface area contributed by atoms with Gasteiger partial charge in [0.25, 0.3) is 0 Å². The fraction of sp³-hybridized carbons (Fsp3) is 0.385. The van der Waals surface area contributed by atoms with Crippen molar-refractivity contribution in [2.45, 2.75) is 19.9 Å². The number of rotatable bonds is 4. The van der Waals surface area contributed by atoms with E-state index in [4.69, 9.17) is 4.74 Å². The summed E-state index contributed by atoms with van der Waals surface area (Å²) in [7, 11) is 3.63. The molecule has 0 fully saturated rings. The molecule has 0 aliphatic rings. The second-order valence-electron chi connectivity index (χ2n) is 3.81. The maximum absolute atomic E-state index is 5.38. The molecule has 1 N–H and O–H groups in total. The fourth-order valence-electron chi connectivity index (χ4n) is 1.72. The molecule has 82 valence electrons. The molecule has 0 saturated carbocycles. The Morgan fingerprint density at radius 2 is 2.13 bits per heavy atom. The minimum Gasteiger partial charge on any atom is -0.496 e. The van der Waals surface area contributed by atoms with Crippen LogP contribution in [0.4, 0.5) is 0 Å². The predicted octanol–water partition coefficient (Wildman–Crippen LogP) is 2.84. The Balaban J connectivity index is 3.16. The molecule has 1 unspecified atom stereocenters. The highest BCUT2D eigenvalue weighted by Gasteiger charge is 2.14. The number of aryl methyl sites for hydroxylation is 1. The molecular formula is C13H19NO. The molecule has 1 rings (SSSR count). The van der Waals surface area contributed by atoms with Crippen LogP contribution in [0, 0.1) is 6.92 Å². The average Bonchev–Trinajstić information content (AvgIpc) is 2.20. The van der Waals surface area contributed by atoms with Crippen LogP contribution in [-0.4, -0.2) is 14.2 Å². The van der Waals surface area contributed by atoms with Gasteiger partial charge in [-0.3, -0.25) is 0 Å². The van der Waals surface area contributed by atoms with Gasteiger partial charge in [0.15, 0.2) is 0 Å². The van der Waals surface area contributed by atoms with Crippen molar-refractivity contribution < 1.29 is 4.74 Å². The van der Waals surface area contributed by atoms with Crippen molar-refractivity contribution in [2.24, 2.45) is 0 Å². The van der Waals surface area contributed by atoms with Crippen LogP contribution in [0.5, 0.6) is 5.75 Å². The lowest BCUT2D eigenvalue weighted by Gasteiger charge is -2.19. The minimum atomic E-state index is 0.153. The lowest BCUT2D eigenvalue weighted by atomic mass is 9.99. The van der Waals surface area contributed by atoms with Crippen molar-refractivity contribution in [1.29, 1.82) is 0 Å². The summed E-state index contributed by atoms with van der Waals surface area (Å²) in [5.41, 5.74) is 3.42. The van der Waals surface area contributed by atoms with E-state index >= 15 is 0 Å². The first-order valence-corrected chi connectivity index (χ1v) is 5.07. The van der Waals surface area contributed by atoms with Gasteiger partial charge in [0, 0.05) is 5.56 Å². The lowest BCUT2D eigenvalue weighted by Crippen LogP contribution is -2.17. The standard InChI is InChI=1S/C13H19NO/c1-9(2)13(14-4)11-7-6-10(3)8-12(11)15-5/h6-8,13-14H,1H2,2-5H3. The van der Waals surface area contributed by atoms with Crippen LogP contribution in [0.2, 0.25) is 0 Å². The molecule has 0 amide bonds. The Hall–Kier alpha value is -1.28. The van der Waals surface area contributed by atoms with E-state index in [0.29, 0.717) is 0 Å². The second-order valence-corrected chi connectivity index (χ2v) is 3.81. The van der Waals surface area contributed by atoms with E-state index in [2.05, 4.69) is 31.0 Å². The van der Waals surface area contributed by atoms with Crippen LogP contribution < -0.4 is 10.1 Å². The highest BCUT2D eigenvalue weighted by molar-refractivity contribution is 5.42. The van der Waals surface area contributed by atoms with E-state index in [-0.39, 0.29) is 6.04 Å². The van der Waals surface area contributed by atoms with Gasteiger partial charge in [-0.15, -0.1) is 0 Å². The molecule has 1 aromatic rings. The molecule has 0 aliphatic carbocycles. The molecule has 0 heterocycles. The van der Waals surface area contributed by atoms with E-state index in [1.54, 1.807) is 7.11 Å². The maximum Gasteiger partial charge on any atom is 0.124 e. The molecular weight excluding hydrogens is 186 g/mol. The molecule has 1 aromatic carbocycles. The predicted molar refractivity (Wildman–Crippen MR) is 64.3 cm³/mol. The number of hydrogen-bond donors (Lipinski definition) is 1. The molecule has 0 aliphatic heterocycles. The Morgan fingerprint density at radius 1 is 1.47 bits per heavy atom. The lowest BCUT2D eigenvalue weighted by molar-refractivity contribution is 0.405. The normalized spacial score (nSPS) is 12.3. The highest BCUT2D eigenvalue weighted by atomic mass is 16.5. The number of benzene rings is 1. The van der Waals surface area contributed by atoms with E-state index in [1.165, 1.54) is 5.56 Å². The Kier molecular flexibility index (Phi) is 3.92. The summed E-state index contributed by atoms with van der Waals surface area (Å²) < 4.78 is 5.38. The van der Waals surface area contributed by atoms with E-state index in [9.17, 15) is 0 Å². The van der Waals surface area contributed by atoms with Crippen molar-refractivity contribution in [3.63, 3.8) is 0 Å². The number of likely N-dealkylation sites (N-methyl/N-ethyl adjacent to an activating group) is 1. The van der Waals surface area contributed by atoms with Gasteiger partial charge in [0.2, 0.25) is 0 Å². The third kappa shape index (κ3) is 2.60. The number of ether oxygens (including phenoxy) is 1. The molecule has 0 bridgehead atoms. The number of methoxy groups -OCH3 is 1. The maximum atomic E-state index is 5.38. The van der Waals surface area contributed by atoms with E-state index < -0.39 is 0 Å². The summed E-state index contributed by atoms with van der Waals surface area (Å²) >= 11 is 0. The van der Waals surface area contributed by atoms with Crippen LogP contribution in [0.25, 0.3) is 0 Å². The minimum absolute atomic E-state index is 0.153. The van der Waals surface area contributed by atoms with Crippen LogP contribution in [-0.2, 0) is 0 Å². The van der Waals surface area contributed by atoms with Crippen molar-refractivity contribution in [2.75, 3.05) is 14.2 Å². The zero-order valence-electron chi connectivity index (χ0n) is 9.92. The summed E-state index contributed by atoms with van der Waals surface area (Å²) in [6.45, 7) is 8.05. The Labute approximate surface area is 92.0 Å². The molecule has 1 atom stereocenters. The van der Waals surface area contributed by atoms with Gasteiger partial charge in [-0.1, -0.05) is 24.3 Å². The van der Waals surface area contributed by atoms with Gasteiger partial charge in [-0.25, -0.2) is 0 Å². The van der Waals surface area contributed by atoms with Gasteiger partial charge in [-0.2, -0.15) is 0 Å². The molecule has 15 heavy (non-hydrogen) atoms. The van der Waals surface area contributed by atoms with Crippen LogP contribution >= 0.6 is 0 Å². The van der Waals surface area contributed by atoms with Crippen LogP contribution in [0.1, 0.15) is 24.1 Å². The van der Waals surface area contributed by atoms with Crippen LogP contribution in [0.3, 0.4) is 0 Å². The zero-order valence-corrected chi connectivity index (χ0v) is 9.92. The molecule has 0 radical (unpaired) electrons. The number of hydrogen-bond acceptors (Lipinski definition) is 2. The summed E-state index contributed by atoms with van der Waals surface area (Å²) in [5.74, 6) is 0.914. The van der Waals surface area contributed by atoms with Crippen molar-refractivity contribution in [1.82, 2.24) is 5.32 Å². The Morgan fingerprint density at radius 3 is 2.60 bits per heavy atom. The molecule has 2 nitrogen and oxygen atoms in total. The number of nitrogens with one attached hydrogen (secondary N) is 1. The summed E-state index contributed by atoms with van der Waals surface area (Å²) in [5, 5.41) is 3.23. The SMILES string of the molecule is C=C(C)C(NC)c1ccc(C)cc1OC. The van der Waals surface area contributed by atoms with E-state index in [1.807, 2.05) is 20.0 Å². The average molecular weight is 205 g/mol. The van der Waals surface area contributed by atoms with Gasteiger partial charge in [0.1, 0.15) is 5.75 Å². The summed E-state index contributed by atoms with van der Waals surface area (Å²) in [4.78, 5) is 0. The molecule has 0 spiro atoms.